The average Bonchev–Trinajstić information content (AvgIpc) is 2.83. The molecular formula is C14H16F3N3. The highest BCUT2D eigenvalue weighted by molar-refractivity contribution is 5.25. The highest BCUT2D eigenvalue weighted by Crippen LogP contribution is 2.29. The Morgan fingerprint density at radius 2 is 1.85 bits per heavy atom. The van der Waals surface area contributed by atoms with Gasteiger partial charge >= 0.3 is 6.18 Å². The Labute approximate surface area is 115 Å². The molecule has 3 nitrogen and oxygen atoms in total. The van der Waals surface area contributed by atoms with Crippen molar-refractivity contribution in [1.29, 1.82) is 0 Å². The van der Waals surface area contributed by atoms with Crippen molar-refractivity contribution in [2.75, 3.05) is 6.54 Å². The molecule has 0 saturated heterocycles. The van der Waals surface area contributed by atoms with Crippen molar-refractivity contribution < 1.29 is 13.2 Å². The maximum absolute atomic E-state index is 12.5. The molecule has 0 atom stereocenters. The fraction of sp³-hybridized carbons (Fsp3) is 0.357. The molecule has 2 aromatic rings. The maximum atomic E-state index is 12.5. The number of nitrogens with one attached hydrogen (secondary N) is 1. The summed E-state index contributed by atoms with van der Waals surface area (Å²) in [6.07, 6.45) is -2.60. The Kier molecular flexibility index (Phi) is 4.44. The van der Waals surface area contributed by atoms with Crippen LogP contribution in [0.15, 0.2) is 36.5 Å². The van der Waals surface area contributed by atoms with E-state index in [1.807, 2.05) is 13.0 Å². The lowest BCUT2D eigenvalue weighted by Gasteiger charge is -2.10. The highest BCUT2D eigenvalue weighted by atomic mass is 19.4. The first-order valence-electron chi connectivity index (χ1n) is 6.38. The van der Waals surface area contributed by atoms with Gasteiger partial charge in [0.2, 0.25) is 0 Å². The van der Waals surface area contributed by atoms with Gasteiger partial charge in [0.25, 0.3) is 0 Å². The topological polar surface area (TPSA) is 29.9 Å². The van der Waals surface area contributed by atoms with Crippen molar-refractivity contribution >= 4 is 0 Å². The van der Waals surface area contributed by atoms with E-state index >= 15 is 0 Å². The quantitative estimate of drug-likeness (QED) is 0.914. The molecule has 0 radical (unpaired) electrons. The number of hydrogen-bond acceptors (Lipinski definition) is 2. The van der Waals surface area contributed by atoms with E-state index in [4.69, 9.17) is 0 Å². The molecule has 2 rings (SSSR count). The van der Waals surface area contributed by atoms with E-state index in [-0.39, 0.29) is 0 Å². The minimum absolute atomic E-state index is 0.464. The molecule has 108 valence electrons. The molecule has 0 unspecified atom stereocenters. The normalized spacial score (nSPS) is 11.8. The standard InChI is InChI=1S/C14H16F3N3/c1-2-18-9-13-7-8-19-20(13)10-11-3-5-12(6-4-11)14(15,16)17/h3-8,18H,2,9-10H2,1H3. The van der Waals surface area contributed by atoms with Crippen molar-refractivity contribution in [3.8, 4) is 0 Å². The SMILES string of the molecule is CCNCc1ccnn1Cc1ccc(C(F)(F)F)cc1. The maximum Gasteiger partial charge on any atom is 0.416 e. The summed E-state index contributed by atoms with van der Waals surface area (Å²) in [5.74, 6) is 0. The van der Waals surface area contributed by atoms with Crippen LogP contribution in [0, 0.1) is 0 Å². The van der Waals surface area contributed by atoms with Crippen LogP contribution in [-0.2, 0) is 19.3 Å². The van der Waals surface area contributed by atoms with Crippen molar-refractivity contribution in [3.63, 3.8) is 0 Å². The summed E-state index contributed by atoms with van der Waals surface area (Å²) in [6, 6.07) is 7.07. The monoisotopic (exact) mass is 283 g/mol. The van der Waals surface area contributed by atoms with Crippen LogP contribution < -0.4 is 5.32 Å². The van der Waals surface area contributed by atoms with Crippen molar-refractivity contribution in [1.82, 2.24) is 15.1 Å². The molecule has 0 spiro atoms. The molecule has 0 aliphatic rings. The van der Waals surface area contributed by atoms with E-state index < -0.39 is 11.7 Å². The Hall–Kier alpha value is -1.82. The summed E-state index contributed by atoms with van der Waals surface area (Å²) in [7, 11) is 0. The predicted molar refractivity (Wildman–Crippen MR) is 70.2 cm³/mol. The number of alkyl halides is 3. The number of aromatic nitrogens is 2. The zero-order valence-corrected chi connectivity index (χ0v) is 11.1. The van der Waals surface area contributed by atoms with Crippen LogP contribution >= 0.6 is 0 Å². The summed E-state index contributed by atoms with van der Waals surface area (Å²) in [5, 5.41) is 7.39. The minimum atomic E-state index is -4.29. The zero-order valence-electron chi connectivity index (χ0n) is 11.1. The van der Waals surface area contributed by atoms with Crippen molar-refractivity contribution in [3.05, 3.63) is 53.3 Å². The third-order valence-corrected chi connectivity index (χ3v) is 2.97. The molecule has 1 heterocycles. The number of benzene rings is 1. The van der Waals surface area contributed by atoms with E-state index in [0.717, 1.165) is 29.9 Å². The Morgan fingerprint density at radius 1 is 1.15 bits per heavy atom. The zero-order chi connectivity index (χ0) is 14.6. The van der Waals surface area contributed by atoms with E-state index in [1.54, 1.807) is 10.9 Å². The van der Waals surface area contributed by atoms with Gasteiger partial charge in [0.05, 0.1) is 17.8 Å². The van der Waals surface area contributed by atoms with Gasteiger partial charge in [-0.2, -0.15) is 18.3 Å². The van der Waals surface area contributed by atoms with Gasteiger partial charge in [-0.3, -0.25) is 4.68 Å². The lowest BCUT2D eigenvalue weighted by atomic mass is 10.1. The summed E-state index contributed by atoms with van der Waals surface area (Å²) >= 11 is 0. The van der Waals surface area contributed by atoms with Gasteiger partial charge in [-0.25, -0.2) is 0 Å². The van der Waals surface area contributed by atoms with E-state index in [9.17, 15) is 13.2 Å². The molecule has 1 N–H and O–H groups in total. The summed E-state index contributed by atoms with van der Waals surface area (Å²) in [4.78, 5) is 0. The first-order valence-corrected chi connectivity index (χ1v) is 6.38. The van der Waals surface area contributed by atoms with Gasteiger partial charge in [0.1, 0.15) is 0 Å². The second-order valence-electron chi connectivity index (χ2n) is 4.46. The molecule has 0 aliphatic heterocycles. The molecule has 20 heavy (non-hydrogen) atoms. The number of hydrogen-bond donors (Lipinski definition) is 1. The molecule has 0 bridgehead atoms. The summed E-state index contributed by atoms with van der Waals surface area (Å²) in [5.41, 5.74) is 1.17. The third kappa shape index (κ3) is 3.60. The van der Waals surface area contributed by atoms with Gasteiger partial charge in [-0.05, 0) is 30.3 Å². The Bertz CT molecular complexity index is 544. The molecule has 1 aromatic heterocycles. The smallest absolute Gasteiger partial charge is 0.311 e. The van der Waals surface area contributed by atoms with Crippen LogP contribution in [0.2, 0.25) is 0 Å². The van der Waals surface area contributed by atoms with Crippen molar-refractivity contribution in [2.45, 2.75) is 26.2 Å². The van der Waals surface area contributed by atoms with Crippen LogP contribution in [0.3, 0.4) is 0 Å². The number of halogens is 3. The third-order valence-electron chi connectivity index (χ3n) is 2.97. The second kappa shape index (κ2) is 6.09. The molecule has 6 heteroatoms. The number of rotatable bonds is 5. The van der Waals surface area contributed by atoms with Crippen LogP contribution in [0.25, 0.3) is 0 Å². The molecule has 0 fully saturated rings. The van der Waals surface area contributed by atoms with Crippen molar-refractivity contribution in [2.24, 2.45) is 0 Å². The minimum Gasteiger partial charge on any atom is -0.311 e. The Balaban J connectivity index is 2.09. The van der Waals surface area contributed by atoms with Gasteiger partial charge in [0.15, 0.2) is 0 Å². The van der Waals surface area contributed by atoms with Crippen LogP contribution in [0.1, 0.15) is 23.7 Å². The van der Waals surface area contributed by atoms with E-state index in [0.29, 0.717) is 13.1 Å². The fourth-order valence-corrected chi connectivity index (χ4v) is 1.88. The largest absolute Gasteiger partial charge is 0.416 e. The van der Waals surface area contributed by atoms with Crippen LogP contribution in [0.5, 0.6) is 0 Å². The van der Waals surface area contributed by atoms with Crippen LogP contribution in [0.4, 0.5) is 13.2 Å². The molecule has 0 aliphatic carbocycles. The fourth-order valence-electron chi connectivity index (χ4n) is 1.88. The summed E-state index contributed by atoms with van der Waals surface area (Å²) < 4.78 is 39.2. The Morgan fingerprint density at radius 3 is 2.45 bits per heavy atom. The lowest BCUT2D eigenvalue weighted by Crippen LogP contribution is -2.16. The predicted octanol–water partition coefficient (Wildman–Crippen LogP) is 3.06. The molecule has 0 saturated carbocycles. The van der Waals surface area contributed by atoms with Gasteiger partial charge in [-0.1, -0.05) is 19.1 Å². The summed E-state index contributed by atoms with van der Waals surface area (Å²) in [6.45, 7) is 4.02. The van der Waals surface area contributed by atoms with Gasteiger partial charge in [0, 0.05) is 12.7 Å². The van der Waals surface area contributed by atoms with E-state index in [2.05, 4.69) is 10.4 Å². The second-order valence-corrected chi connectivity index (χ2v) is 4.46. The van der Waals surface area contributed by atoms with Gasteiger partial charge < -0.3 is 5.32 Å². The average molecular weight is 283 g/mol. The lowest BCUT2D eigenvalue weighted by molar-refractivity contribution is -0.137. The molecule has 0 amide bonds. The number of nitrogens with zero attached hydrogens (tertiary/aromatic N) is 2. The first-order chi connectivity index (χ1) is 9.50. The first kappa shape index (κ1) is 14.6. The molecule has 1 aromatic carbocycles. The van der Waals surface area contributed by atoms with Crippen LogP contribution in [-0.4, -0.2) is 16.3 Å². The highest BCUT2D eigenvalue weighted by Gasteiger charge is 2.29. The van der Waals surface area contributed by atoms with Gasteiger partial charge in [-0.15, -0.1) is 0 Å². The van der Waals surface area contributed by atoms with E-state index in [1.165, 1.54) is 12.1 Å². The molecular weight excluding hydrogens is 267 g/mol.